The van der Waals surface area contributed by atoms with E-state index in [-0.39, 0.29) is 0 Å². The third-order valence-electron chi connectivity index (χ3n) is 2.30. The van der Waals surface area contributed by atoms with Gasteiger partial charge in [-0.1, -0.05) is 36.4 Å². The van der Waals surface area contributed by atoms with E-state index in [9.17, 15) is 4.79 Å². The molecule has 1 heterocycles. The summed E-state index contributed by atoms with van der Waals surface area (Å²) >= 11 is 5.29. The summed E-state index contributed by atoms with van der Waals surface area (Å²) in [5.41, 5.74) is 0.810. The quantitative estimate of drug-likeness (QED) is 0.779. The first-order valence-corrected chi connectivity index (χ1v) is 5.46. The van der Waals surface area contributed by atoms with Crippen LogP contribution in [-0.4, -0.2) is 10.4 Å². The molecule has 1 aromatic carbocycles. The number of ether oxygens (including phenoxy) is 1. The summed E-state index contributed by atoms with van der Waals surface area (Å²) in [6.07, 6.45) is 2.79. The predicted octanol–water partition coefficient (Wildman–Crippen LogP) is 3.55. The van der Waals surface area contributed by atoms with Crippen molar-refractivity contribution in [2.75, 3.05) is 0 Å². The Morgan fingerprint density at radius 1 is 1.12 bits per heavy atom. The number of rotatable bonds is 3. The molecule has 2 rings (SSSR count). The highest BCUT2D eigenvalue weighted by atomic mass is 35.5. The molecule has 4 heteroatoms. The van der Waals surface area contributed by atoms with Crippen molar-refractivity contribution < 1.29 is 9.53 Å². The molecular weight excluding hydrogens is 238 g/mol. The van der Waals surface area contributed by atoms with E-state index >= 15 is 0 Å². The van der Waals surface area contributed by atoms with Gasteiger partial charge in [-0.3, -0.25) is 4.98 Å². The van der Waals surface area contributed by atoms with E-state index in [1.165, 1.54) is 0 Å². The summed E-state index contributed by atoms with van der Waals surface area (Å²) in [4.78, 5) is 14.9. The Morgan fingerprint density at radius 2 is 1.82 bits per heavy atom. The lowest BCUT2D eigenvalue weighted by Crippen LogP contribution is -2.08. The molecule has 0 aliphatic heterocycles. The van der Waals surface area contributed by atoms with Crippen LogP contribution in [0.1, 0.15) is 17.2 Å². The highest BCUT2D eigenvalue weighted by molar-refractivity contribution is 6.61. The fourth-order valence-corrected chi connectivity index (χ4v) is 1.67. The minimum Gasteiger partial charge on any atom is -0.440 e. The molecule has 1 aromatic heterocycles. The molecule has 17 heavy (non-hydrogen) atoms. The molecule has 3 nitrogen and oxygen atoms in total. The third kappa shape index (κ3) is 3.04. The van der Waals surface area contributed by atoms with Gasteiger partial charge in [-0.25, -0.2) is 4.79 Å². The molecule has 0 fully saturated rings. The van der Waals surface area contributed by atoms with Crippen LogP contribution >= 0.6 is 11.6 Å². The molecule has 0 aliphatic rings. The highest BCUT2D eigenvalue weighted by Gasteiger charge is 2.17. The van der Waals surface area contributed by atoms with Crippen molar-refractivity contribution in [2.24, 2.45) is 0 Å². The van der Waals surface area contributed by atoms with Crippen LogP contribution in [0, 0.1) is 0 Å². The molecule has 0 aliphatic carbocycles. The van der Waals surface area contributed by atoms with Gasteiger partial charge in [0.15, 0.2) is 6.10 Å². The summed E-state index contributed by atoms with van der Waals surface area (Å²) in [6.45, 7) is 0. The van der Waals surface area contributed by atoms with E-state index in [1.807, 2.05) is 36.4 Å². The van der Waals surface area contributed by atoms with Gasteiger partial charge in [0.05, 0.1) is 0 Å². The largest absolute Gasteiger partial charge is 0.440 e. The Balaban J connectivity index is 2.36. The molecule has 0 spiro atoms. The van der Waals surface area contributed by atoms with Gasteiger partial charge in [0.1, 0.15) is 0 Å². The Hall–Kier alpha value is -1.87. The van der Waals surface area contributed by atoms with Crippen LogP contribution in [0.3, 0.4) is 0 Å². The lowest BCUT2D eigenvalue weighted by atomic mass is 10.0. The summed E-state index contributed by atoms with van der Waals surface area (Å²) in [5.74, 6) is 0. The van der Waals surface area contributed by atoms with Crippen LogP contribution in [0.4, 0.5) is 4.79 Å². The molecule has 0 bridgehead atoms. The number of hydrogen-bond donors (Lipinski definition) is 0. The average Bonchev–Trinajstić information content (AvgIpc) is 2.38. The van der Waals surface area contributed by atoms with Crippen LogP contribution in [0.15, 0.2) is 54.9 Å². The van der Waals surface area contributed by atoms with E-state index in [2.05, 4.69) is 4.98 Å². The molecule has 2 aromatic rings. The smallest absolute Gasteiger partial charge is 0.404 e. The molecule has 1 atom stereocenters. The number of nitrogens with zero attached hydrogens (tertiary/aromatic N) is 1. The summed E-state index contributed by atoms with van der Waals surface area (Å²) in [7, 11) is 0. The minimum atomic E-state index is -0.831. The second-order valence-electron chi connectivity index (χ2n) is 3.43. The van der Waals surface area contributed by atoms with Gasteiger partial charge in [-0.05, 0) is 11.6 Å². The van der Waals surface area contributed by atoms with Gasteiger partial charge in [0.25, 0.3) is 0 Å². The first-order chi connectivity index (χ1) is 8.27. The van der Waals surface area contributed by atoms with Crippen molar-refractivity contribution in [3.63, 3.8) is 0 Å². The van der Waals surface area contributed by atoms with Crippen molar-refractivity contribution in [3.8, 4) is 0 Å². The summed E-state index contributed by atoms with van der Waals surface area (Å²) in [6, 6.07) is 13.0. The van der Waals surface area contributed by atoms with Crippen molar-refractivity contribution in [2.45, 2.75) is 6.10 Å². The molecule has 0 saturated heterocycles. The van der Waals surface area contributed by atoms with Gasteiger partial charge in [0, 0.05) is 29.6 Å². The van der Waals surface area contributed by atoms with Gasteiger partial charge in [0.2, 0.25) is 0 Å². The van der Waals surface area contributed by atoms with Crippen LogP contribution < -0.4 is 0 Å². The van der Waals surface area contributed by atoms with E-state index in [0.29, 0.717) is 0 Å². The Bertz CT molecular complexity index is 448. The lowest BCUT2D eigenvalue weighted by molar-refractivity contribution is 0.142. The zero-order valence-electron chi connectivity index (χ0n) is 8.92. The maximum atomic E-state index is 10.9. The van der Waals surface area contributed by atoms with E-state index in [4.69, 9.17) is 16.3 Å². The second-order valence-corrected chi connectivity index (χ2v) is 3.74. The van der Waals surface area contributed by atoms with Gasteiger partial charge in [-0.2, -0.15) is 0 Å². The molecule has 0 amide bonds. The molecule has 0 N–H and O–H groups in total. The van der Waals surface area contributed by atoms with Gasteiger partial charge < -0.3 is 4.74 Å². The molecule has 0 radical (unpaired) electrons. The number of carbonyl (C=O) groups is 1. The number of pyridine rings is 1. The van der Waals surface area contributed by atoms with Crippen molar-refractivity contribution in [1.82, 2.24) is 4.98 Å². The van der Waals surface area contributed by atoms with Crippen LogP contribution in [0.2, 0.25) is 0 Å². The zero-order chi connectivity index (χ0) is 12.1. The topological polar surface area (TPSA) is 39.2 Å². The van der Waals surface area contributed by atoms with E-state index in [0.717, 1.165) is 11.1 Å². The van der Waals surface area contributed by atoms with Crippen molar-refractivity contribution in [3.05, 3.63) is 66.0 Å². The zero-order valence-corrected chi connectivity index (χ0v) is 9.67. The fraction of sp³-hybridized carbons (Fsp3) is 0.0769. The molecular formula is C13H10ClNO2. The highest BCUT2D eigenvalue weighted by Crippen LogP contribution is 2.25. The summed E-state index contributed by atoms with van der Waals surface area (Å²) in [5, 5.41) is 0. The lowest BCUT2D eigenvalue weighted by Gasteiger charge is -2.16. The van der Waals surface area contributed by atoms with E-state index in [1.54, 1.807) is 18.5 Å². The Morgan fingerprint density at radius 3 is 2.41 bits per heavy atom. The second kappa shape index (κ2) is 5.46. The van der Waals surface area contributed by atoms with Crippen molar-refractivity contribution >= 4 is 17.0 Å². The number of benzene rings is 1. The Kier molecular flexibility index (Phi) is 3.73. The van der Waals surface area contributed by atoms with E-state index < -0.39 is 11.5 Å². The monoisotopic (exact) mass is 247 g/mol. The Labute approximate surface area is 104 Å². The van der Waals surface area contributed by atoms with Crippen LogP contribution in [0.5, 0.6) is 0 Å². The maximum Gasteiger partial charge on any atom is 0.404 e. The number of aromatic nitrogens is 1. The predicted molar refractivity (Wildman–Crippen MR) is 64.9 cm³/mol. The first kappa shape index (κ1) is 11.6. The first-order valence-electron chi connectivity index (χ1n) is 5.08. The number of carbonyl (C=O) groups excluding carboxylic acids is 1. The standard InChI is InChI=1S/C13H10ClNO2/c14-13(16)17-12(10-5-2-1-3-6-10)11-7-4-8-15-9-11/h1-9,12H. The van der Waals surface area contributed by atoms with Gasteiger partial charge >= 0.3 is 5.43 Å². The van der Waals surface area contributed by atoms with Crippen LogP contribution in [0.25, 0.3) is 0 Å². The maximum absolute atomic E-state index is 10.9. The summed E-state index contributed by atoms with van der Waals surface area (Å²) < 4.78 is 5.11. The molecule has 0 saturated carbocycles. The SMILES string of the molecule is O=C(Cl)OC(c1ccccc1)c1cccnc1. The molecule has 1 unspecified atom stereocenters. The number of hydrogen-bond acceptors (Lipinski definition) is 3. The molecule has 86 valence electrons. The number of halogens is 1. The van der Waals surface area contributed by atoms with Gasteiger partial charge in [-0.15, -0.1) is 0 Å². The van der Waals surface area contributed by atoms with Crippen LogP contribution in [-0.2, 0) is 4.74 Å². The average molecular weight is 248 g/mol. The third-order valence-corrected chi connectivity index (χ3v) is 2.39. The fourth-order valence-electron chi connectivity index (χ4n) is 1.58. The minimum absolute atomic E-state index is 0.519. The normalized spacial score (nSPS) is 11.8. The van der Waals surface area contributed by atoms with Crippen molar-refractivity contribution in [1.29, 1.82) is 0 Å².